The number of ether oxygens (including phenoxy) is 1. The summed E-state index contributed by atoms with van der Waals surface area (Å²) in [7, 11) is 0. The van der Waals surface area contributed by atoms with E-state index in [4.69, 9.17) is 10.8 Å². The first kappa shape index (κ1) is 9.16. The SMILES string of the molecule is CC(CN)(CF)OC(=O)O. The standard InChI is InChI=1S/C5H10FNO3/c1-5(2-6,3-7)10-4(8)9/h2-3,7H2,1H3,(H,8,9). The molecule has 60 valence electrons. The quantitative estimate of drug-likeness (QED) is 0.571. The van der Waals surface area contributed by atoms with Gasteiger partial charge in [0.15, 0.2) is 5.60 Å². The van der Waals surface area contributed by atoms with Crippen molar-refractivity contribution < 1.29 is 19.0 Å². The number of nitrogens with two attached hydrogens (primary N) is 1. The maximum atomic E-state index is 11.9. The Balaban J connectivity index is 3.92. The minimum Gasteiger partial charge on any atom is -0.450 e. The summed E-state index contributed by atoms with van der Waals surface area (Å²) in [5.74, 6) is 0. The number of rotatable bonds is 3. The summed E-state index contributed by atoms with van der Waals surface area (Å²) in [5, 5.41) is 8.07. The first-order valence-corrected chi connectivity index (χ1v) is 2.72. The molecule has 0 saturated carbocycles. The summed E-state index contributed by atoms with van der Waals surface area (Å²) >= 11 is 0. The Hall–Kier alpha value is -0.840. The zero-order valence-corrected chi connectivity index (χ0v) is 5.63. The minimum absolute atomic E-state index is 0.157. The normalized spacial score (nSPS) is 15.9. The van der Waals surface area contributed by atoms with Gasteiger partial charge in [-0.15, -0.1) is 0 Å². The van der Waals surface area contributed by atoms with Crippen molar-refractivity contribution >= 4 is 6.16 Å². The second-order valence-electron chi connectivity index (χ2n) is 2.16. The van der Waals surface area contributed by atoms with E-state index in [1.165, 1.54) is 6.92 Å². The highest BCUT2D eigenvalue weighted by Crippen LogP contribution is 2.08. The predicted molar refractivity (Wildman–Crippen MR) is 32.5 cm³/mol. The highest BCUT2D eigenvalue weighted by atomic mass is 19.1. The van der Waals surface area contributed by atoms with Gasteiger partial charge < -0.3 is 15.6 Å². The van der Waals surface area contributed by atoms with E-state index in [9.17, 15) is 9.18 Å². The Labute approximate surface area is 57.8 Å². The molecule has 10 heavy (non-hydrogen) atoms. The van der Waals surface area contributed by atoms with Crippen molar-refractivity contribution in [2.75, 3.05) is 13.2 Å². The predicted octanol–water partition coefficient (Wildman–Crippen LogP) is 0.368. The largest absolute Gasteiger partial charge is 0.506 e. The summed E-state index contributed by atoms with van der Waals surface area (Å²) < 4.78 is 16.1. The average molecular weight is 151 g/mol. The highest BCUT2D eigenvalue weighted by molar-refractivity contribution is 5.57. The number of hydrogen-bond donors (Lipinski definition) is 2. The maximum absolute atomic E-state index is 11.9. The molecule has 0 aromatic carbocycles. The van der Waals surface area contributed by atoms with Crippen molar-refractivity contribution in [3.05, 3.63) is 0 Å². The van der Waals surface area contributed by atoms with Crippen LogP contribution in [0.25, 0.3) is 0 Å². The van der Waals surface area contributed by atoms with E-state index in [-0.39, 0.29) is 6.54 Å². The van der Waals surface area contributed by atoms with E-state index in [0.717, 1.165) is 0 Å². The van der Waals surface area contributed by atoms with Crippen LogP contribution in [0.4, 0.5) is 9.18 Å². The van der Waals surface area contributed by atoms with Gasteiger partial charge in [0.05, 0.1) is 0 Å². The number of halogens is 1. The molecule has 1 atom stereocenters. The van der Waals surface area contributed by atoms with Gasteiger partial charge in [-0.2, -0.15) is 0 Å². The molecular weight excluding hydrogens is 141 g/mol. The van der Waals surface area contributed by atoms with Crippen molar-refractivity contribution in [3.8, 4) is 0 Å². The Morgan fingerprint density at radius 3 is 2.50 bits per heavy atom. The molecule has 1 unspecified atom stereocenters. The van der Waals surface area contributed by atoms with Gasteiger partial charge in [0.2, 0.25) is 0 Å². The number of alkyl halides is 1. The average Bonchev–Trinajstić information content (AvgIpc) is 1.87. The topological polar surface area (TPSA) is 72.5 Å². The van der Waals surface area contributed by atoms with Crippen LogP contribution in [-0.4, -0.2) is 30.1 Å². The summed E-state index contributed by atoms with van der Waals surface area (Å²) in [5.41, 5.74) is 3.65. The molecule has 0 spiro atoms. The van der Waals surface area contributed by atoms with Crippen LogP contribution in [0.2, 0.25) is 0 Å². The molecule has 0 aliphatic heterocycles. The van der Waals surface area contributed by atoms with Gasteiger partial charge in [-0.05, 0) is 6.92 Å². The van der Waals surface area contributed by atoms with Crippen LogP contribution in [0.15, 0.2) is 0 Å². The van der Waals surface area contributed by atoms with Crippen LogP contribution in [0, 0.1) is 0 Å². The summed E-state index contributed by atoms with van der Waals surface area (Å²) in [4.78, 5) is 9.89. The second-order valence-corrected chi connectivity index (χ2v) is 2.16. The molecule has 0 amide bonds. The van der Waals surface area contributed by atoms with Crippen LogP contribution in [-0.2, 0) is 4.74 Å². The van der Waals surface area contributed by atoms with Crippen LogP contribution in [0.1, 0.15) is 6.92 Å². The number of carbonyl (C=O) groups is 1. The first-order chi connectivity index (χ1) is 4.54. The monoisotopic (exact) mass is 151 g/mol. The third-order valence-electron chi connectivity index (χ3n) is 1.05. The lowest BCUT2D eigenvalue weighted by Crippen LogP contribution is -2.41. The lowest BCUT2D eigenvalue weighted by Gasteiger charge is -2.21. The molecule has 0 radical (unpaired) electrons. The molecule has 0 fully saturated rings. The van der Waals surface area contributed by atoms with Gasteiger partial charge in [0, 0.05) is 6.54 Å². The zero-order valence-electron chi connectivity index (χ0n) is 5.63. The molecule has 0 rings (SSSR count). The smallest absolute Gasteiger partial charge is 0.450 e. The van der Waals surface area contributed by atoms with Gasteiger partial charge in [0.1, 0.15) is 6.67 Å². The van der Waals surface area contributed by atoms with Gasteiger partial charge in [-0.3, -0.25) is 0 Å². The molecule has 5 heteroatoms. The Kier molecular flexibility index (Phi) is 3.08. The second kappa shape index (κ2) is 3.36. The molecular formula is C5H10FNO3. The first-order valence-electron chi connectivity index (χ1n) is 2.72. The van der Waals surface area contributed by atoms with Gasteiger partial charge in [0.25, 0.3) is 0 Å². The Bertz CT molecular complexity index is 124. The van der Waals surface area contributed by atoms with Crippen LogP contribution in [0.5, 0.6) is 0 Å². The van der Waals surface area contributed by atoms with E-state index in [1.807, 2.05) is 0 Å². The van der Waals surface area contributed by atoms with Crippen LogP contribution in [0.3, 0.4) is 0 Å². The summed E-state index contributed by atoms with van der Waals surface area (Å²) in [6, 6.07) is 0. The van der Waals surface area contributed by atoms with Crippen molar-refractivity contribution in [1.29, 1.82) is 0 Å². The van der Waals surface area contributed by atoms with E-state index in [1.54, 1.807) is 0 Å². The fraction of sp³-hybridized carbons (Fsp3) is 0.800. The van der Waals surface area contributed by atoms with Crippen molar-refractivity contribution in [2.24, 2.45) is 5.73 Å². The number of carboxylic acid groups (broad SMARTS) is 1. The molecule has 0 bridgehead atoms. The van der Waals surface area contributed by atoms with Gasteiger partial charge >= 0.3 is 6.16 Å². The Morgan fingerprint density at radius 1 is 1.90 bits per heavy atom. The molecule has 4 nitrogen and oxygen atoms in total. The highest BCUT2D eigenvalue weighted by Gasteiger charge is 2.26. The van der Waals surface area contributed by atoms with Gasteiger partial charge in [-0.1, -0.05) is 0 Å². The van der Waals surface area contributed by atoms with Gasteiger partial charge in [-0.25, -0.2) is 9.18 Å². The van der Waals surface area contributed by atoms with Crippen LogP contribution >= 0.6 is 0 Å². The fourth-order valence-corrected chi connectivity index (χ4v) is 0.334. The lowest BCUT2D eigenvalue weighted by atomic mass is 10.1. The molecule has 0 aromatic heterocycles. The molecule has 0 heterocycles. The van der Waals surface area contributed by atoms with E-state index in [2.05, 4.69) is 4.74 Å². The van der Waals surface area contributed by atoms with Crippen molar-refractivity contribution in [2.45, 2.75) is 12.5 Å². The van der Waals surface area contributed by atoms with E-state index < -0.39 is 18.4 Å². The van der Waals surface area contributed by atoms with Crippen LogP contribution < -0.4 is 5.73 Å². The summed E-state index contributed by atoms with van der Waals surface area (Å²) in [6.07, 6.45) is -1.51. The molecule has 3 N–H and O–H groups in total. The molecule has 0 aliphatic rings. The third-order valence-corrected chi connectivity index (χ3v) is 1.05. The zero-order chi connectivity index (χ0) is 8.20. The minimum atomic E-state index is -1.51. The summed E-state index contributed by atoms with van der Waals surface area (Å²) in [6.45, 7) is 0.229. The third kappa shape index (κ3) is 2.63. The van der Waals surface area contributed by atoms with E-state index in [0.29, 0.717) is 0 Å². The molecule has 0 saturated heterocycles. The lowest BCUT2D eigenvalue weighted by molar-refractivity contribution is -0.0159. The van der Waals surface area contributed by atoms with Crippen molar-refractivity contribution in [1.82, 2.24) is 0 Å². The number of hydrogen-bond acceptors (Lipinski definition) is 3. The Morgan fingerprint density at radius 2 is 2.40 bits per heavy atom. The fourth-order valence-electron chi connectivity index (χ4n) is 0.334. The van der Waals surface area contributed by atoms with Crippen molar-refractivity contribution in [3.63, 3.8) is 0 Å². The van der Waals surface area contributed by atoms with E-state index >= 15 is 0 Å². The molecule has 0 aliphatic carbocycles. The molecule has 0 aromatic rings. The maximum Gasteiger partial charge on any atom is 0.506 e.